The maximum atomic E-state index is 13.5. The number of carbonyl (C=O) groups is 1. The molecule has 1 aliphatic carbocycles. The average Bonchev–Trinajstić information content (AvgIpc) is 3.08. The first-order valence-corrected chi connectivity index (χ1v) is 24.2. The third-order valence-corrected chi connectivity index (χ3v) is 24.0. The van der Waals surface area contributed by atoms with Crippen molar-refractivity contribution >= 4 is 30.9 Å². The molecule has 2 aliphatic rings. The molecule has 0 unspecified atom stereocenters. The summed E-state index contributed by atoms with van der Waals surface area (Å²) in [6, 6.07) is 0. The Labute approximate surface area is 259 Å². The number of methoxy groups -OCH3 is 1. The van der Waals surface area contributed by atoms with Gasteiger partial charge in [0, 0.05) is 12.5 Å². The minimum Gasteiger partial charge on any atom is -0.509 e. The van der Waals surface area contributed by atoms with E-state index in [1.54, 1.807) is 0 Å². The Morgan fingerprint density at radius 1 is 0.833 bits per heavy atom. The highest BCUT2D eigenvalue weighted by Crippen LogP contribution is 2.53. The van der Waals surface area contributed by atoms with Crippen LogP contribution < -0.4 is 0 Å². The average molecular weight is 647 g/mol. The van der Waals surface area contributed by atoms with E-state index in [1.165, 1.54) is 7.11 Å². The van der Waals surface area contributed by atoms with E-state index in [1.807, 2.05) is 6.92 Å². The molecule has 42 heavy (non-hydrogen) atoms. The van der Waals surface area contributed by atoms with Crippen LogP contribution in [0.3, 0.4) is 0 Å². The van der Waals surface area contributed by atoms with E-state index < -0.39 is 67.4 Å². The van der Waals surface area contributed by atoms with Gasteiger partial charge in [-0.15, -0.1) is 0 Å². The number of aliphatic hydroxyl groups is 1. The van der Waals surface area contributed by atoms with E-state index in [0.29, 0.717) is 13.2 Å². The summed E-state index contributed by atoms with van der Waals surface area (Å²) in [5, 5.41) is 11.6. The molecule has 6 atom stereocenters. The number of rotatable bonds is 10. The Morgan fingerprint density at radius 3 is 1.74 bits per heavy atom. The lowest BCUT2D eigenvalue weighted by Crippen LogP contribution is -2.61. The third kappa shape index (κ3) is 7.63. The van der Waals surface area contributed by atoms with Crippen molar-refractivity contribution in [3.8, 4) is 0 Å². The molecule has 0 radical (unpaired) electrons. The van der Waals surface area contributed by atoms with E-state index in [-0.39, 0.29) is 26.4 Å². The fraction of sp³-hybridized carbons (Fsp3) is 0.903. The van der Waals surface area contributed by atoms with Crippen LogP contribution in [0.15, 0.2) is 11.3 Å². The number of carbonyl (C=O) groups excluding carboxylic acids is 1. The van der Waals surface area contributed by atoms with E-state index in [9.17, 15) is 9.90 Å². The SMILES string of the molecule is CCO[C@H]1O[C@H](CO[Si](C)(C)C(C)(C)C)[C@H](O[Si](C)(C)C(C)(C)C)[C@@H]2C(C(=O)OC)=C(O)[C@@H](O[Si](C)(C)C(C)(C)C)[C@H]12. The predicted molar refractivity (Wildman–Crippen MR) is 176 cm³/mol. The Morgan fingerprint density at radius 2 is 1.31 bits per heavy atom. The lowest BCUT2D eigenvalue weighted by atomic mass is 9.80. The summed E-state index contributed by atoms with van der Waals surface area (Å²) in [4.78, 5) is 13.5. The molecular formula is C31H62O8Si3. The third-order valence-electron chi connectivity index (χ3n) is 10.6. The highest BCUT2D eigenvalue weighted by molar-refractivity contribution is 6.75. The van der Waals surface area contributed by atoms with Crippen molar-refractivity contribution in [3.05, 3.63) is 11.3 Å². The lowest BCUT2D eigenvalue weighted by molar-refractivity contribution is -0.271. The summed E-state index contributed by atoms with van der Waals surface area (Å²) in [5.41, 5.74) is 0.209. The van der Waals surface area contributed by atoms with Gasteiger partial charge in [-0.2, -0.15) is 0 Å². The molecule has 2 rings (SSSR count). The zero-order valence-corrected chi connectivity index (χ0v) is 32.7. The quantitative estimate of drug-likeness (QED) is 0.190. The smallest absolute Gasteiger partial charge is 0.337 e. The van der Waals surface area contributed by atoms with Crippen molar-refractivity contribution in [2.75, 3.05) is 20.3 Å². The van der Waals surface area contributed by atoms with E-state index in [2.05, 4.69) is 102 Å². The van der Waals surface area contributed by atoms with E-state index in [4.69, 9.17) is 27.5 Å². The molecule has 1 heterocycles. The van der Waals surface area contributed by atoms with Gasteiger partial charge in [-0.3, -0.25) is 0 Å². The van der Waals surface area contributed by atoms with Gasteiger partial charge in [0.05, 0.1) is 31.3 Å². The molecule has 11 heteroatoms. The molecule has 1 aliphatic heterocycles. The van der Waals surface area contributed by atoms with Gasteiger partial charge in [-0.05, 0) is 61.3 Å². The molecule has 0 amide bonds. The zero-order chi connectivity index (χ0) is 32.9. The summed E-state index contributed by atoms with van der Waals surface area (Å²) < 4.78 is 39.1. The monoisotopic (exact) mass is 646 g/mol. The number of fused-ring (bicyclic) bond motifs is 1. The first-order valence-electron chi connectivity index (χ1n) is 15.5. The van der Waals surface area contributed by atoms with Gasteiger partial charge < -0.3 is 32.6 Å². The molecule has 0 aromatic heterocycles. The number of esters is 1. The van der Waals surface area contributed by atoms with Crippen LogP contribution >= 0.6 is 0 Å². The van der Waals surface area contributed by atoms with E-state index in [0.717, 1.165) is 0 Å². The van der Waals surface area contributed by atoms with Gasteiger partial charge in [0.2, 0.25) is 0 Å². The molecule has 8 nitrogen and oxygen atoms in total. The van der Waals surface area contributed by atoms with Crippen molar-refractivity contribution in [3.63, 3.8) is 0 Å². The molecule has 1 N–H and O–H groups in total. The topological polar surface area (TPSA) is 92.7 Å². The first-order chi connectivity index (χ1) is 18.7. The summed E-state index contributed by atoms with van der Waals surface area (Å²) >= 11 is 0. The molecule has 0 spiro atoms. The Balaban J connectivity index is 2.76. The van der Waals surface area contributed by atoms with Crippen LogP contribution in [0.25, 0.3) is 0 Å². The van der Waals surface area contributed by atoms with Gasteiger partial charge in [0.15, 0.2) is 31.2 Å². The van der Waals surface area contributed by atoms with E-state index >= 15 is 0 Å². The minimum absolute atomic E-state index is 0.00408. The standard InChI is InChI=1S/C31H62O8Si3/c1-18-35-28-23-21(22(27(33)34-11)24(32)26(23)39-42(16,17)31(8,9)10)25(38-41(14,15)30(5,6)7)20(37-28)19-36-40(12,13)29(2,3)4/h20-21,23,25-26,28,32H,18-19H2,1-17H3/t20-,21-,23-,25+,26+,28+/m1/s1. The molecule has 0 aromatic rings. The highest BCUT2D eigenvalue weighted by Gasteiger charge is 2.62. The van der Waals surface area contributed by atoms with Crippen molar-refractivity contribution in [1.29, 1.82) is 0 Å². The molecule has 246 valence electrons. The first kappa shape index (κ1) is 37.6. The maximum absolute atomic E-state index is 13.5. The Hall–Kier alpha value is -0.539. The van der Waals surface area contributed by atoms with Crippen molar-refractivity contribution in [2.24, 2.45) is 11.8 Å². The maximum Gasteiger partial charge on any atom is 0.337 e. The number of aliphatic hydroxyl groups excluding tert-OH is 1. The normalized spacial score (nSPS) is 28.2. The summed E-state index contributed by atoms with van der Waals surface area (Å²) in [6.45, 7) is 35.4. The molecule has 1 saturated heterocycles. The second-order valence-corrected chi connectivity index (χ2v) is 30.9. The van der Waals surface area contributed by atoms with Crippen LogP contribution in [0, 0.1) is 11.8 Å². The zero-order valence-electron chi connectivity index (χ0n) is 29.7. The highest BCUT2D eigenvalue weighted by atomic mass is 28.4. The fourth-order valence-corrected chi connectivity index (χ4v) is 8.36. The Bertz CT molecular complexity index is 988. The molecule has 0 aromatic carbocycles. The number of ether oxygens (including phenoxy) is 3. The molecule has 0 saturated carbocycles. The molecular weight excluding hydrogens is 585 g/mol. The van der Waals surface area contributed by atoms with Crippen LogP contribution in [0.5, 0.6) is 0 Å². The second kappa shape index (κ2) is 12.7. The van der Waals surface area contributed by atoms with Gasteiger partial charge in [0.1, 0.15) is 18.0 Å². The van der Waals surface area contributed by atoms with Crippen LogP contribution in [0.4, 0.5) is 0 Å². The van der Waals surface area contributed by atoms with Gasteiger partial charge in [-0.25, -0.2) is 4.79 Å². The Kier molecular flexibility index (Phi) is 11.4. The van der Waals surface area contributed by atoms with Crippen molar-refractivity contribution < 1.29 is 37.4 Å². The van der Waals surface area contributed by atoms with Crippen molar-refractivity contribution in [1.82, 2.24) is 0 Å². The van der Waals surface area contributed by atoms with Crippen LogP contribution in [-0.4, -0.2) is 81.0 Å². The molecule has 1 fully saturated rings. The van der Waals surface area contributed by atoms with Gasteiger partial charge in [0.25, 0.3) is 0 Å². The lowest BCUT2D eigenvalue weighted by Gasteiger charge is -2.51. The van der Waals surface area contributed by atoms with Crippen LogP contribution in [0.1, 0.15) is 69.2 Å². The second-order valence-electron chi connectivity index (χ2n) is 16.6. The number of hydrogen-bond donors (Lipinski definition) is 1. The largest absolute Gasteiger partial charge is 0.509 e. The fourth-order valence-electron chi connectivity index (χ4n) is 4.76. The summed E-state index contributed by atoms with van der Waals surface area (Å²) in [7, 11) is -5.60. The van der Waals surface area contributed by atoms with Crippen LogP contribution in [0.2, 0.25) is 54.4 Å². The van der Waals surface area contributed by atoms with Crippen molar-refractivity contribution in [2.45, 2.75) is 148 Å². The summed E-state index contributed by atoms with van der Waals surface area (Å²) in [5.74, 6) is -1.72. The summed E-state index contributed by atoms with van der Waals surface area (Å²) in [6.07, 6.45) is -2.60. The van der Waals surface area contributed by atoms with Gasteiger partial charge in [-0.1, -0.05) is 62.3 Å². The minimum atomic E-state index is -2.40. The number of hydrogen-bond acceptors (Lipinski definition) is 8. The predicted octanol–water partition coefficient (Wildman–Crippen LogP) is 7.78. The van der Waals surface area contributed by atoms with Crippen LogP contribution in [-0.2, 0) is 32.3 Å². The van der Waals surface area contributed by atoms with Gasteiger partial charge >= 0.3 is 5.97 Å². The molecule has 0 bridgehead atoms.